The van der Waals surface area contributed by atoms with Crippen LogP contribution < -0.4 is 5.73 Å². The Bertz CT molecular complexity index is 460. The Labute approximate surface area is 116 Å². The minimum Gasteiger partial charge on any atom is -0.318 e. The third-order valence-corrected chi connectivity index (χ3v) is 4.80. The van der Waals surface area contributed by atoms with Crippen LogP contribution in [0.5, 0.6) is 0 Å². The Morgan fingerprint density at radius 2 is 2.11 bits per heavy atom. The molecule has 0 bridgehead atoms. The number of hydrogen-bond acceptors (Lipinski definition) is 5. The third kappa shape index (κ3) is 3.17. The van der Waals surface area contributed by atoms with Crippen molar-refractivity contribution in [1.82, 2.24) is 9.88 Å². The van der Waals surface area contributed by atoms with E-state index in [9.17, 15) is 0 Å². The molecule has 5 heteroatoms. The van der Waals surface area contributed by atoms with Gasteiger partial charge in [-0.3, -0.25) is 4.90 Å². The molecule has 2 N–H and O–H groups in total. The first kappa shape index (κ1) is 13.7. The molecule has 2 aromatic rings. The predicted octanol–water partition coefficient (Wildman–Crippen LogP) is 3.09. The van der Waals surface area contributed by atoms with E-state index in [2.05, 4.69) is 40.6 Å². The summed E-state index contributed by atoms with van der Waals surface area (Å²) >= 11 is 3.39. The molecule has 98 valence electrons. The third-order valence-electron chi connectivity index (χ3n) is 2.99. The molecule has 0 aliphatic rings. The Morgan fingerprint density at radius 1 is 1.33 bits per heavy atom. The van der Waals surface area contributed by atoms with Gasteiger partial charge in [-0.05, 0) is 24.5 Å². The maximum absolute atomic E-state index is 6.21. The highest BCUT2D eigenvalue weighted by Crippen LogP contribution is 2.25. The molecule has 0 aromatic carbocycles. The lowest BCUT2D eigenvalue weighted by Crippen LogP contribution is -2.22. The van der Waals surface area contributed by atoms with Gasteiger partial charge < -0.3 is 5.73 Å². The number of rotatable bonds is 6. The van der Waals surface area contributed by atoms with Crippen molar-refractivity contribution < 1.29 is 0 Å². The molecular weight excluding hydrogens is 262 g/mol. The summed E-state index contributed by atoms with van der Waals surface area (Å²) in [7, 11) is 0. The molecule has 2 rings (SSSR count). The monoisotopic (exact) mass is 281 g/mol. The van der Waals surface area contributed by atoms with Crippen molar-refractivity contribution in [2.45, 2.75) is 26.4 Å². The summed E-state index contributed by atoms with van der Waals surface area (Å²) in [6.07, 6.45) is 0. The molecule has 0 saturated carbocycles. The standard InChI is InChI=1S/C13H19N3S2/c1-3-16(4-2)8-12-15-10(9-18-12)13(14)11-6-5-7-17-11/h5-7,9,13H,3-4,8,14H2,1-2H3. The largest absolute Gasteiger partial charge is 0.318 e. The summed E-state index contributed by atoms with van der Waals surface area (Å²) in [6, 6.07) is 4.02. The summed E-state index contributed by atoms with van der Waals surface area (Å²) in [6.45, 7) is 7.39. The van der Waals surface area contributed by atoms with E-state index in [1.807, 2.05) is 6.07 Å². The molecule has 0 radical (unpaired) electrons. The van der Waals surface area contributed by atoms with Gasteiger partial charge in [0.15, 0.2) is 0 Å². The highest BCUT2D eigenvalue weighted by molar-refractivity contribution is 7.10. The lowest BCUT2D eigenvalue weighted by Gasteiger charge is -2.15. The number of nitrogens with zero attached hydrogens (tertiary/aromatic N) is 2. The van der Waals surface area contributed by atoms with Crippen molar-refractivity contribution in [3.8, 4) is 0 Å². The van der Waals surface area contributed by atoms with E-state index in [1.165, 1.54) is 4.88 Å². The number of aromatic nitrogens is 1. The molecular formula is C13H19N3S2. The first-order valence-corrected chi connectivity index (χ1v) is 7.96. The highest BCUT2D eigenvalue weighted by Gasteiger charge is 2.14. The van der Waals surface area contributed by atoms with Gasteiger partial charge in [-0.25, -0.2) is 4.98 Å². The molecule has 0 spiro atoms. The molecule has 0 aliphatic carbocycles. The Balaban J connectivity index is 2.06. The topological polar surface area (TPSA) is 42.2 Å². The SMILES string of the molecule is CCN(CC)Cc1nc(C(N)c2cccs2)cs1. The van der Waals surface area contributed by atoms with E-state index < -0.39 is 0 Å². The van der Waals surface area contributed by atoms with Crippen LogP contribution in [0.2, 0.25) is 0 Å². The van der Waals surface area contributed by atoms with E-state index in [0.29, 0.717) is 0 Å². The van der Waals surface area contributed by atoms with Crippen molar-refractivity contribution in [2.75, 3.05) is 13.1 Å². The zero-order valence-electron chi connectivity index (χ0n) is 10.8. The van der Waals surface area contributed by atoms with E-state index in [1.54, 1.807) is 22.7 Å². The van der Waals surface area contributed by atoms with Crippen molar-refractivity contribution in [3.63, 3.8) is 0 Å². The number of thiazole rings is 1. The van der Waals surface area contributed by atoms with Gasteiger partial charge in [-0.15, -0.1) is 22.7 Å². The summed E-state index contributed by atoms with van der Waals surface area (Å²) in [5, 5.41) is 5.29. The van der Waals surface area contributed by atoms with Gasteiger partial charge in [0.1, 0.15) is 5.01 Å². The predicted molar refractivity (Wildman–Crippen MR) is 79.1 cm³/mol. The van der Waals surface area contributed by atoms with Gasteiger partial charge in [0.2, 0.25) is 0 Å². The fourth-order valence-corrected chi connectivity index (χ4v) is 3.40. The molecule has 0 aliphatic heterocycles. The first-order chi connectivity index (χ1) is 8.74. The Kier molecular flexibility index (Phi) is 4.88. The summed E-state index contributed by atoms with van der Waals surface area (Å²) in [5.74, 6) is 0. The quantitative estimate of drug-likeness (QED) is 0.884. The van der Waals surface area contributed by atoms with Crippen LogP contribution in [-0.2, 0) is 6.54 Å². The highest BCUT2D eigenvalue weighted by atomic mass is 32.1. The Hall–Kier alpha value is -0.750. The molecule has 2 heterocycles. The molecule has 2 aromatic heterocycles. The average molecular weight is 281 g/mol. The van der Waals surface area contributed by atoms with E-state index in [4.69, 9.17) is 5.73 Å². The van der Waals surface area contributed by atoms with Gasteiger partial charge in [0, 0.05) is 10.3 Å². The lowest BCUT2D eigenvalue weighted by molar-refractivity contribution is 0.295. The van der Waals surface area contributed by atoms with Crippen molar-refractivity contribution in [1.29, 1.82) is 0 Å². The van der Waals surface area contributed by atoms with Crippen LogP contribution in [-0.4, -0.2) is 23.0 Å². The average Bonchev–Trinajstić information content (AvgIpc) is 3.06. The first-order valence-electron chi connectivity index (χ1n) is 6.20. The van der Waals surface area contributed by atoms with Crippen molar-refractivity contribution in [2.24, 2.45) is 5.73 Å². The van der Waals surface area contributed by atoms with Crippen LogP contribution in [0.3, 0.4) is 0 Å². The summed E-state index contributed by atoms with van der Waals surface area (Å²) in [5.41, 5.74) is 7.20. The normalized spacial score (nSPS) is 13.1. The number of thiophene rings is 1. The second-order valence-corrected chi connectivity index (χ2v) is 6.04. The number of nitrogens with two attached hydrogens (primary N) is 1. The number of hydrogen-bond donors (Lipinski definition) is 1. The van der Waals surface area contributed by atoms with Gasteiger partial charge >= 0.3 is 0 Å². The maximum atomic E-state index is 6.21. The fraction of sp³-hybridized carbons (Fsp3) is 0.462. The molecule has 1 unspecified atom stereocenters. The van der Waals surface area contributed by atoms with Crippen LogP contribution in [0.1, 0.15) is 35.5 Å². The molecule has 0 fully saturated rings. The summed E-state index contributed by atoms with van der Waals surface area (Å²) < 4.78 is 0. The van der Waals surface area contributed by atoms with E-state index in [-0.39, 0.29) is 6.04 Å². The van der Waals surface area contributed by atoms with E-state index >= 15 is 0 Å². The van der Waals surface area contributed by atoms with Gasteiger partial charge in [0.05, 0.1) is 18.3 Å². The summed E-state index contributed by atoms with van der Waals surface area (Å²) in [4.78, 5) is 8.20. The molecule has 0 saturated heterocycles. The van der Waals surface area contributed by atoms with Crippen molar-refractivity contribution in [3.05, 3.63) is 38.5 Å². The second kappa shape index (κ2) is 6.43. The fourth-order valence-electron chi connectivity index (χ4n) is 1.79. The second-order valence-electron chi connectivity index (χ2n) is 4.12. The van der Waals surface area contributed by atoms with Crippen LogP contribution in [0.25, 0.3) is 0 Å². The lowest BCUT2D eigenvalue weighted by atomic mass is 10.2. The van der Waals surface area contributed by atoms with Crippen LogP contribution in [0.4, 0.5) is 0 Å². The zero-order chi connectivity index (χ0) is 13.0. The zero-order valence-corrected chi connectivity index (χ0v) is 12.4. The molecule has 3 nitrogen and oxygen atoms in total. The van der Waals surface area contributed by atoms with Crippen LogP contribution >= 0.6 is 22.7 Å². The minimum absolute atomic E-state index is 0.0771. The molecule has 1 atom stereocenters. The Morgan fingerprint density at radius 3 is 2.72 bits per heavy atom. The van der Waals surface area contributed by atoms with Crippen molar-refractivity contribution >= 4 is 22.7 Å². The van der Waals surface area contributed by atoms with Crippen LogP contribution in [0.15, 0.2) is 22.9 Å². The van der Waals surface area contributed by atoms with Gasteiger partial charge in [0.25, 0.3) is 0 Å². The minimum atomic E-state index is -0.0771. The molecule has 0 amide bonds. The maximum Gasteiger partial charge on any atom is 0.107 e. The van der Waals surface area contributed by atoms with Crippen LogP contribution in [0, 0.1) is 0 Å². The van der Waals surface area contributed by atoms with Gasteiger partial charge in [-0.2, -0.15) is 0 Å². The molecule has 18 heavy (non-hydrogen) atoms. The van der Waals surface area contributed by atoms with Gasteiger partial charge in [-0.1, -0.05) is 19.9 Å². The van der Waals surface area contributed by atoms with E-state index in [0.717, 1.165) is 30.3 Å². The smallest absolute Gasteiger partial charge is 0.107 e.